The Morgan fingerprint density at radius 1 is 1.03 bits per heavy atom. The fourth-order valence-corrected chi connectivity index (χ4v) is 4.48. The summed E-state index contributed by atoms with van der Waals surface area (Å²) in [6, 6.07) is 13.6. The number of benzene rings is 2. The number of carbonyl (C=O) groups is 1. The average molecular weight is 400 g/mol. The molecule has 2 fully saturated rings. The zero-order valence-corrected chi connectivity index (χ0v) is 16.5. The Morgan fingerprint density at radius 2 is 1.72 bits per heavy atom. The molecule has 1 N–H and O–H groups in total. The topological polar surface area (TPSA) is 43.8 Å². The number of likely N-dealkylation sites (tertiary alicyclic amines) is 2. The van der Waals surface area contributed by atoms with Gasteiger partial charge in [0.15, 0.2) is 0 Å². The molecular weight excluding hydrogens is 374 g/mol. The molecule has 0 aliphatic carbocycles. The van der Waals surface area contributed by atoms with Crippen LogP contribution in [0.15, 0.2) is 48.5 Å². The summed E-state index contributed by atoms with van der Waals surface area (Å²) in [5.41, 5.74) is 2.75. The molecular formula is C23H26F2N2O2. The molecule has 2 heterocycles. The number of piperidine rings is 1. The Morgan fingerprint density at radius 3 is 2.38 bits per heavy atom. The summed E-state index contributed by atoms with van der Waals surface area (Å²) in [7, 11) is 0. The van der Waals surface area contributed by atoms with Crippen molar-refractivity contribution in [3.05, 3.63) is 65.2 Å². The van der Waals surface area contributed by atoms with Gasteiger partial charge in [0.05, 0.1) is 18.5 Å². The van der Waals surface area contributed by atoms with Crippen molar-refractivity contribution in [2.45, 2.75) is 44.2 Å². The van der Waals surface area contributed by atoms with Crippen LogP contribution in [-0.2, 0) is 11.3 Å². The van der Waals surface area contributed by atoms with Gasteiger partial charge in [-0.15, -0.1) is 0 Å². The summed E-state index contributed by atoms with van der Waals surface area (Å²) in [4.78, 5) is 16.3. The number of phenols is 1. The van der Waals surface area contributed by atoms with Crippen molar-refractivity contribution in [3.8, 4) is 5.75 Å². The van der Waals surface area contributed by atoms with E-state index in [9.17, 15) is 18.7 Å². The summed E-state index contributed by atoms with van der Waals surface area (Å²) < 4.78 is 29.9. The van der Waals surface area contributed by atoms with Crippen molar-refractivity contribution >= 4 is 5.91 Å². The van der Waals surface area contributed by atoms with Gasteiger partial charge in [-0.2, -0.15) is 0 Å². The van der Waals surface area contributed by atoms with Crippen molar-refractivity contribution in [2.75, 3.05) is 19.6 Å². The minimum absolute atomic E-state index is 0.0514. The number of hydrogen-bond acceptors (Lipinski definition) is 3. The third kappa shape index (κ3) is 4.13. The van der Waals surface area contributed by atoms with Crippen LogP contribution in [0.25, 0.3) is 0 Å². The largest absolute Gasteiger partial charge is 0.508 e. The predicted molar refractivity (Wildman–Crippen MR) is 107 cm³/mol. The second kappa shape index (κ2) is 7.75. The van der Waals surface area contributed by atoms with E-state index in [2.05, 4.69) is 0 Å². The molecule has 2 atom stereocenters. The number of hydrogen-bond donors (Lipinski definition) is 1. The summed E-state index contributed by atoms with van der Waals surface area (Å²) in [6.45, 7) is 3.20. The number of rotatable bonds is 4. The van der Waals surface area contributed by atoms with Crippen molar-refractivity contribution in [1.29, 1.82) is 0 Å². The second-order valence-electron chi connectivity index (χ2n) is 8.21. The highest BCUT2D eigenvalue weighted by Gasteiger charge is 2.49. The van der Waals surface area contributed by atoms with Crippen molar-refractivity contribution < 1.29 is 18.7 Å². The smallest absolute Gasteiger partial charge is 0.267 e. The van der Waals surface area contributed by atoms with E-state index >= 15 is 0 Å². The van der Waals surface area contributed by atoms with Gasteiger partial charge in [0, 0.05) is 13.1 Å². The molecule has 6 heteroatoms. The first kappa shape index (κ1) is 19.8. The highest BCUT2D eigenvalue weighted by atomic mass is 19.3. The van der Waals surface area contributed by atoms with Crippen LogP contribution < -0.4 is 0 Å². The van der Waals surface area contributed by atoms with E-state index in [-0.39, 0.29) is 11.7 Å². The number of phenolic OH excluding ortho intramolecular Hbond substituents is 1. The van der Waals surface area contributed by atoms with E-state index in [1.54, 1.807) is 21.9 Å². The molecule has 0 saturated carbocycles. The van der Waals surface area contributed by atoms with E-state index in [1.165, 1.54) is 12.1 Å². The van der Waals surface area contributed by atoms with Crippen molar-refractivity contribution in [1.82, 2.24) is 9.80 Å². The predicted octanol–water partition coefficient (Wildman–Crippen LogP) is 3.93. The Balaban J connectivity index is 1.41. The van der Waals surface area contributed by atoms with Crippen LogP contribution >= 0.6 is 0 Å². The Hall–Kier alpha value is -2.47. The van der Waals surface area contributed by atoms with Crippen LogP contribution in [0, 0.1) is 6.92 Å². The van der Waals surface area contributed by atoms with Gasteiger partial charge >= 0.3 is 0 Å². The third-order valence-corrected chi connectivity index (χ3v) is 6.13. The first-order valence-corrected chi connectivity index (χ1v) is 10.1. The lowest BCUT2D eigenvalue weighted by Gasteiger charge is -2.40. The number of amides is 1. The van der Waals surface area contributed by atoms with Gasteiger partial charge in [0.2, 0.25) is 5.91 Å². The molecule has 2 aromatic carbocycles. The van der Waals surface area contributed by atoms with E-state index < -0.39 is 24.4 Å². The Kier molecular flexibility index (Phi) is 5.30. The van der Waals surface area contributed by atoms with Crippen molar-refractivity contribution in [3.63, 3.8) is 0 Å². The van der Waals surface area contributed by atoms with Crippen LogP contribution in [0.5, 0.6) is 5.75 Å². The Labute approximate surface area is 169 Å². The van der Waals surface area contributed by atoms with E-state index in [4.69, 9.17) is 0 Å². The van der Waals surface area contributed by atoms with Crippen LogP contribution in [-0.4, -0.2) is 52.4 Å². The molecule has 2 aliphatic rings. The number of nitrogens with zero attached hydrogens (tertiary/aromatic N) is 2. The standard InChI is InChI=1S/C23H26F2N2O2/c1-16-2-4-17(5-3-16)14-26-13-11-21(22(26)29)27-12-10-20(23(24,25)15-27)18-6-8-19(28)9-7-18/h2-9,20-21,28H,10-15H2,1H3/t20-,21?/m1/s1. The van der Waals surface area contributed by atoms with Crippen LogP contribution in [0.4, 0.5) is 8.78 Å². The van der Waals surface area contributed by atoms with Crippen LogP contribution in [0.1, 0.15) is 35.4 Å². The number of alkyl halides is 2. The first-order valence-electron chi connectivity index (χ1n) is 10.1. The molecule has 0 radical (unpaired) electrons. The first-order chi connectivity index (χ1) is 13.8. The van der Waals surface area contributed by atoms with Gasteiger partial charge in [-0.3, -0.25) is 9.69 Å². The summed E-state index contributed by atoms with van der Waals surface area (Å²) in [5, 5.41) is 9.41. The molecule has 2 saturated heterocycles. The zero-order chi connectivity index (χ0) is 20.6. The lowest BCUT2D eigenvalue weighted by molar-refractivity contribution is -0.137. The molecule has 2 aromatic rings. The fraction of sp³-hybridized carbons (Fsp3) is 0.435. The lowest BCUT2D eigenvalue weighted by atomic mass is 9.85. The monoisotopic (exact) mass is 400 g/mol. The number of aryl methyl sites for hydroxylation is 1. The molecule has 1 unspecified atom stereocenters. The summed E-state index contributed by atoms with van der Waals surface area (Å²) in [6.07, 6.45) is 0.879. The van der Waals surface area contributed by atoms with Gasteiger partial charge in [-0.25, -0.2) is 8.78 Å². The highest BCUT2D eigenvalue weighted by Crippen LogP contribution is 2.42. The molecule has 0 spiro atoms. The number of halogens is 2. The summed E-state index contributed by atoms with van der Waals surface area (Å²) in [5.74, 6) is -3.79. The van der Waals surface area contributed by atoms with E-state index in [0.717, 1.165) is 11.1 Å². The molecule has 4 rings (SSSR count). The molecule has 4 nitrogen and oxygen atoms in total. The van der Waals surface area contributed by atoms with Gasteiger partial charge < -0.3 is 10.0 Å². The maximum atomic E-state index is 14.9. The van der Waals surface area contributed by atoms with Gasteiger partial charge in [-0.1, -0.05) is 42.0 Å². The zero-order valence-electron chi connectivity index (χ0n) is 16.5. The lowest BCUT2D eigenvalue weighted by Crippen LogP contribution is -2.53. The number of aromatic hydroxyl groups is 1. The molecule has 1 amide bonds. The molecule has 0 bridgehead atoms. The highest BCUT2D eigenvalue weighted by molar-refractivity contribution is 5.84. The third-order valence-electron chi connectivity index (χ3n) is 6.13. The number of carbonyl (C=O) groups excluding carboxylic acids is 1. The van der Waals surface area contributed by atoms with Gasteiger partial charge in [0.25, 0.3) is 5.92 Å². The quantitative estimate of drug-likeness (QED) is 0.846. The average Bonchev–Trinajstić information content (AvgIpc) is 3.04. The molecule has 29 heavy (non-hydrogen) atoms. The van der Waals surface area contributed by atoms with Gasteiger partial charge in [-0.05, 0) is 49.6 Å². The summed E-state index contributed by atoms with van der Waals surface area (Å²) >= 11 is 0. The van der Waals surface area contributed by atoms with Crippen molar-refractivity contribution in [2.24, 2.45) is 0 Å². The fourth-order valence-electron chi connectivity index (χ4n) is 4.48. The van der Waals surface area contributed by atoms with E-state index in [1.807, 2.05) is 31.2 Å². The minimum Gasteiger partial charge on any atom is -0.508 e. The maximum absolute atomic E-state index is 14.9. The minimum atomic E-state index is -2.92. The Bertz CT molecular complexity index is 867. The SMILES string of the molecule is Cc1ccc(CN2CCC(N3CC[C@H](c4ccc(O)cc4)C(F)(F)C3)C2=O)cc1. The molecule has 2 aliphatic heterocycles. The van der Waals surface area contributed by atoms with Gasteiger partial charge in [0.1, 0.15) is 5.75 Å². The maximum Gasteiger partial charge on any atom is 0.267 e. The van der Waals surface area contributed by atoms with E-state index in [0.29, 0.717) is 38.0 Å². The van der Waals surface area contributed by atoms with Crippen LogP contribution in [0.3, 0.4) is 0 Å². The molecule has 0 aromatic heterocycles. The normalized spacial score (nSPS) is 24.8. The molecule has 154 valence electrons. The van der Waals surface area contributed by atoms with Crippen LogP contribution in [0.2, 0.25) is 0 Å². The second-order valence-corrected chi connectivity index (χ2v) is 8.21.